The highest BCUT2D eigenvalue weighted by Crippen LogP contribution is 2.20. The molecule has 0 amide bonds. The van der Waals surface area contributed by atoms with Gasteiger partial charge in [-0.1, -0.05) is 12.1 Å². The average Bonchev–Trinajstić information content (AvgIpc) is 2.30. The van der Waals surface area contributed by atoms with Crippen molar-refractivity contribution in [1.82, 2.24) is 4.98 Å². The first kappa shape index (κ1) is 8.82. The SMILES string of the molecule is BOc1ccc(-c2ccncc2)cc1. The van der Waals surface area contributed by atoms with Gasteiger partial charge in [-0.05, 0) is 35.4 Å². The first-order valence-electron chi connectivity index (χ1n) is 4.44. The van der Waals surface area contributed by atoms with Crippen molar-refractivity contribution in [1.29, 1.82) is 0 Å². The predicted molar refractivity (Wildman–Crippen MR) is 58.8 cm³/mol. The minimum atomic E-state index is 0.878. The van der Waals surface area contributed by atoms with Gasteiger partial charge >= 0.3 is 8.05 Å². The Labute approximate surface area is 84.0 Å². The van der Waals surface area contributed by atoms with E-state index in [-0.39, 0.29) is 0 Å². The van der Waals surface area contributed by atoms with Crippen LogP contribution in [0.5, 0.6) is 5.75 Å². The van der Waals surface area contributed by atoms with Crippen LogP contribution >= 0.6 is 0 Å². The topological polar surface area (TPSA) is 22.1 Å². The predicted octanol–water partition coefficient (Wildman–Crippen LogP) is 1.68. The van der Waals surface area contributed by atoms with Crippen molar-refractivity contribution in [3.63, 3.8) is 0 Å². The second kappa shape index (κ2) is 3.96. The summed E-state index contributed by atoms with van der Waals surface area (Å²) in [5.41, 5.74) is 2.34. The first-order valence-corrected chi connectivity index (χ1v) is 4.44. The monoisotopic (exact) mass is 183 g/mol. The molecule has 0 aliphatic carbocycles. The lowest BCUT2D eigenvalue weighted by Gasteiger charge is -2.03. The molecule has 0 radical (unpaired) electrons. The normalized spacial score (nSPS) is 9.71. The third kappa shape index (κ3) is 1.77. The molecule has 0 aliphatic rings. The van der Waals surface area contributed by atoms with Gasteiger partial charge in [0.15, 0.2) is 0 Å². The zero-order valence-corrected chi connectivity index (χ0v) is 7.97. The standard InChI is InChI=1S/C11H10BNO/c12-14-11-3-1-9(2-4-11)10-5-7-13-8-6-10/h1-8H,12H2. The van der Waals surface area contributed by atoms with Crippen LogP contribution in [0.4, 0.5) is 0 Å². The van der Waals surface area contributed by atoms with E-state index >= 15 is 0 Å². The van der Waals surface area contributed by atoms with Crippen molar-refractivity contribution >= 4 is 8.05 Å². The van der Waals surface area contributed by atoms with Gasteiger partial charge in [-0.15, -0.1) is 0 Å². The van der Waals surface area contributed by atoms with Crippen molar-refractivity contribution in [3.8, 4) is 16.9 Å². The lowest BCUT2D eigenvalue weighted by molar-refractivity contribution is 0.616. The minimum absolute atomic E-state index is 0.878. The highest BCUT2D eigenvalue weighted by molar-refractivity contribution is 5.99. The fraction of sp³-hybridized carbons (Fsp3) is 0. The fourth-order valence-electron chi connectivity index (χ4n) is 1.33. The summed E-state index contributed by atoms with van der Waals surface area (Å²) in [6, 6.07) is 12.0. The molecule has 2 aromatic rings. The number of aromatic nitrogens is 1. The van der Waals surface area contributed by atoms with E-state index in [9.17, 15) is 0 Å². The van der Waals surface area contributed by atoms with Gasteiger partial charge in [0.2, 0.25) is 0 Å². The maximum absolute atomic E-state index is 5.09. The van der Waals surface area contributed by atoms with E-state index in [4.69, 9.17) is 4.65 Å². The summed E-state index contributed by atoms with van der Waals surface area (Å²) in [5.74, 6) is 0.878. The summed E-state index contributed by atoms with van der Waals surface area (Å²) in [5, 5.41) is 0. The Morgan fingerprint density at radius 1 is 0.857 bits per heavy atom. The molecule has 3 heteroatoms. The average molecular weight is 183 g/mol. The van der Waals surface area contributed by atoms with Crippen LogP contribution in [0.2, 0.25) is 0 Å². The molecule has 68 valence electrons. The summed E-state index contributed by atoms with van der Waals surface area (Å²) in [6.45, 7) is 0. The van der Waals surface area contributed by atoms with Crippen LogP contribution in [0.15, 0.2) is 48.8 Å². The van der Waals surface area contributed by atoms with Gasteiger partial charge in [0.05, 0.1) is 5.75 Å². The van der Waals surface area contributed by atoms with Crippen molar-refractivity contribution < 1.29 is 4.65 Å². The van der Waals surface area contributed by atoms with Crippen LogP contribution in [0.25, 0.3) is 11.1 Å². The summed E-state index contributed by atoms with van der Waals surface area (Å²) < 4.78 is 5.09. The largest absolute Gasteiger partial charge is 0.568 e. The molecular weight excluding hydrogens is 173 g/mol. The molecule has 0 spiro atoms. The van der Waals surface area contributed by atoms with Crippen molar-refractivity contribution in [2.75, 3.05) is 0 Å². The zero-order chi connectivity index (χ0) is 9.80. The van der Waals surface area contributed by atoms with Crippen molar-refractivity contribution in [3.05, 3.63) is 48.8 Å². The van der Waals surface area contributed by atoms with Crippen LogP contribution in [0.1, 0.15) is 0 Å². The van der Waals surface area contributed by atoms with Crippen LogP contribution in [-0.4, -0.2) is 13.0 Å². The van der Waals surface area contributed by atoms with E-state index in [1.165, 1.54) is 11.1 Å². The quantitative estimate of drug-likeness (QED) is 0.660. The van der Waals surface area contributed by atoms with Gasteiger partial charge in [0.1, 0.15) is 0 Å². The number of rotatable bonds is 2. The summed E-state index contributed by atoms with van der Waals surface area (Å²) in [6.07, 6.45) is 3.58. The van der Waals surface area contributed by atoms with Gasteiger partial charge in [-0.3, -0.25) is 4.98 Å². The smallest absolute Gasteiger partial charge is 0.322 e. The highest BCUT2D eigenvalue weighted by Gasteiger charge is 1.96. The number of hydrogen-bond donors (Lipinski definition) is 0. The van der Waals surface area contributed by atoms with Gasteiger partial charge < -0.3 is 4.65 Å². The van der Waals surface area contributed by atoms with Crippen LogP contribution in [0.3, 0.4) is 0 Å². The minimum Gasteiger partial charge on any atom is -0.568 e. The molecule has 2 nitrogen and oxygen atoms in total. The first-order chi connectivity index (χ1) is 6.90. The molecule has 0 aliphatic heterocycles. The molecule has 1 aromatic carbocycles. The van der Waals surface area contributed by atoms with E-state index in [0.717, 1.165) is 5.75 Å². The third-order valence-electron chi connectivity index (χ3n) is 2.10. The molecule has 0 unspecified atom stereocenters. The number of pyridine rings is 1. The lowest BCUT2D eigenvalue weighted by Crippen LogP contribution is -1.84. The molecule has 1 aromatic heterocycles. The maximum Gasteiger partial charge on any atom is 0.322 e. The van der Waals surface area contributed by atoms with Crippen LogP contribution < -0.4 is 4.65 Å². The Kier molecular flexibility index (Phi) is 2.50. The molecule has 1 heterocycles. The second-order valence-electron chi connectivity index (χ2n) is 2.96. The summed E-state index contributed by atoms with van der Waals surface area (Å²) in [4.78, 5) is 3.98. The molecule has 0 saturated heterocycles. The van der Waals surface area contributed by atoms with E-state index in [2.05, 4.69) is 4.98 Å². The number of benzene rings is 1. The summed E-state index contributed by atoms with van der Waals surface area (Å²) >= 11 is 0. The molecule has 0 atom stereocenters. The van der Waals surface area contributed by atoms with E-state index in [0.29, 0.717) is 0 Å². The molecule has 0 fully saturated rings. The number of nitrogens with zero attached hydrogens (tertiary/aromatic N) is 1. The van der Waals surface area contributed by atoms with E-state index in [1.54, 1.807) is 20.4 Å². The van der Waals surface area contributed by atoms with Gasteiger partial charge in [0, 0.05) is 12.4 Å². The Morgan fingerprint density at radius 3 is 2.00 bits per heavy atom. The van der Waals surface area contributed by atoms with Crippen molar-refractivity contribution in [2.45, 2.75) is 0 Å². The van der Waals surface area contributed by atoms with Crippen LogP contribution in [0, 0.1) is 0 Å². The zero-order valence-electron chi connectivity index (χ0n) is 7.97. The Hall–Kier alpha value is -1.77. The Balaban J connectivity index is 2.34. The summed E-state index contributed by atoms with van der Waals surface area (Å²) in [7, 11) is 1.67. The Morgan fingerprint density at radius 2 is 1.43 bits per heavy atom. The van der Waals surface area contributed by atoms with E-state index < -0.39 is 0 Å². The molecule has 0 bridgehead atoms. The van der Waals surface area contributed by atoms with Crippen molar-refractivity contribution in [2.24, 2.45) is 0 Å². The molecule has 2 rings (SSSR count). The fourth-order valence-corrected chi connectivity index (χ4v) is 1.33. The van der Waals surface area contributed by atoms with Gasteiger partial charge in [0.25, 0.3) is 0 Å². The van der Waals surface area contributed by atoms with E-state index in [1.807, 2.05) is 36.4 Å². The second-order valence-corrected chi connectivity index (χ2v) is 2.96. The van der Waals surface area contributed by atoms with Crippen LogP contribution in [-0.2, 0) is 0 Å². The Bertz CT molecular complexity index is 399. The van der Waals surface area contributed by atoms with Gasteiger partial charge in [-0.25, -0.2) is 0 Å². The molecule has 0 saturated carbocycles. The highest BCUT2D eigenvalue weighted by atomic mass is 16.4. The molecular formula is C11H10BNO. The molecule has 14 heavy (non-hydrogen) atoms. The molecule has 0 N–H and O–H groups in total. The number of hydrogen-bond acceptors (Lipinski definition) is 2. The third-order valence-corrected chi connectivity index (χ3v) is 2.10. The van der Waals surface area contributed by atoms with Gasteiger partial charge in [-0.2, -0.15) is 0 Å². The lowest BCUT2D eigenvalue weighted by atomic mass is 10.1. The maximum atomic E-state index is 5.09.